The van der Waals surface area contributed by atoms with Gasteiger partial charge in [0.25, 0.3) is 5.91 Å². The van der Waals surface area contributed by atoms with Crippen molar-refractivity contribution >= 4 is 5.91 Å². The van der Waals surface area contributed by atoms with Gasteiger partial charge in [-0.3, -0.25) is 9.59 Å². The number of nitrogens with two attached hydrogens (primary N) is 1. The summed E-state index contributed by atoms with van der Waals surface area (Å²) in [5.41, 5.74) is 7.12. The molecule has 0 unspecified atom stereocenters. The third-order valence-electron chi connectivity index (χ3n) is 3.60. The summed E-state index contributed by atoms with van der Waals surface area (Å²) in [6.07, 6.45) is 1.59. The molecular weight excluding hydrogens is 313 g/mol. The van der Waals surface area contributed by atoms with E-state index in [1.165, 1.54) is 12.1 Å². The Balaban J connectivity index is 2.17. The second-order valence-corrected chi connectivity index (χ2v) is 5.36. The van der Waals surface area contributed by atoms with Crippen molar-refractivity contribution in [3.8, 4) is 5.75 Å². The zero-order valence-corrected chi connectivity index (χ0v) is 13.6. The lowest BCUT2D eigenvalue weighted by molar-refractivity contribution is 0.0946. The fourth-order valence-electron chi connectivity index (χ4n) is 2.22. The first kappa shape index (κ1) is 17.7. The second-order valence-electron chi connectivity index (χ2n) is 5.36. The maximum absolute atomic E-state index is 13.4. The minimum absolute atomic E-state index is 0.0734. The summed E-state index contributed by atoms with van der Waals surface area (Å²) in [4.78, 5) is 27.2. The molecule has 0 fully saturated rings. The quantitative estimate of drug-likeness (QED) is 0.744. The predicted octanol–water partition coefficient (Wildman–Crippen LogP) is 1.40. The molecule has 2 aromatic rings. The molecule has 2 rings (SSSR count). The highest BCUT2D eigenvalue weighted by Gasteiger charge is 2.15. The Morgan fingerprint density at radius 3 is 2.83 bits per heavy atom. The molecule has 0 radical (unpaired) electrons. The lowest BCUT2D eigenvalue weighted by atomic mass is 10.1. The van der Waals surface area contributed by atoms with Crippen LogP contribution >= 0.6 is 0 Å². The first-order valence-electron chi connectivity index (χ1n) is 7.52. The number of hydrogen-bond donors (Lipinski definition) is 3. The number of nitrogens with one attached hydrogen (secondary N) is 2. The molecule has 7 heteroatoms. The number of carbonyl (C=O) groups excluding carboxylic acids is 1. The van der Waals surface area contributed by atoms with E-state index in [-0.39, 0.29) is 36.4 Å². The molecule has 24 heavy (non-hydrogen) atoms. The number of ether oxygens (including phenoxy) is 1. The van der Waals surface area contributed by atoms with Gasteiger partial charge in [-0.1, -0.05) is 0 Å². The van der Waals surface area contributed by atoms with Crippen LogP contribution in [-0.2, 0) is 6.54 Å². The van der Waals surface area contributed by atoms with Crippen molar-refractivity contribution in [2.24, 2.45) is 5.73 Å². The van der Waals surface area contributed by atoms with Crippen LogP contribution in [0.2, 0.25) is 0 Å². The average Bonchev–Trinajstić information content (AvgIpc) is 2.57. The van der Waals surface area contributed by atoms with Crippen molar-refractivity contribution in [2.75, 3.05) is 13.2 Å². The molecule has 0 aliphatic carbocycles. The number of hydrogen-bond acceptors (Lipinski definition) is 4. The van der Waals surface area contributed by atoms with E-state index in [9.17, 15) is 14.0 Å². The Labute approximate surface area is 138 Å². The molecule has 128 valence electrons. The smallest absolute Gasteiger partial charge is 0.255 e. The van der Waals surface area contributed by atoms with Crippen LogP contribution in [0.4, 0.5) is 4.39 Å². The van der Waals surface area contributed by atoms with Crippen LogP contribution in [0.5, 0.6) is 5.75 Å². The van der Waals surface area contributed by atoms with Crippen LogP contribution < -0.4 is 21.2 Å². The first-order chi connectivity index (χ1) is 11.4. The van der Waals surface area contributed by atoms with Gasteiger partial charge in [0.1, 0.15) is 18.2 Å². The number of H-pyrrole nitrogens is 1. The number of benzene rings is 1. The van der Waals surface area contributed by atoms with Gasteiger partial charge in [0.05, 0.1) is 12.1 Å². The summed E-state index contributed by atoms with van der Waals surface area (Å²) < 4.78 is 18.8. The SMILES string of the molecule is Cc1c[nH]c(CNC(=O)c2cc(F)ccc2OCCN)c(C)c1=O. The number of carbonyl (C=O) groups is 1. The summed E-state index contributed by atoms with van der Waals surface area (Å²) >= 11 is 0. The zero-order chi connectivity index (χ0) is 17.7. The largest absolute Gasteiger partial charge is 0.491 e. The second kappa shape index (κ2) is 7.74. The van der Waals surface area contributed by atoms with Crippen LogP contribution in [0, 0.1) is 19.7 Å². The van der Waals surface area contributed by atoms with Crippen molar-refractivity contribution in [2.45, 2.75) is 20.4 Å². The maximum Gasteiger partial charge on any atom is 0.255 e. The Kier molecular flexibility index (Phi) is 5.70. The standard InChI is InChI=1S/C17H20FN3O3/c1-10-8-20-14(11(2)16(10)22)9-21-17(23)13-7-12(18)3-4-15(13)24-6-5-19/h3-4,7-8H,5-6,9,19H2,1-2H3,(H,20,22)(H,21,23). The van der Waals surface area contributed by atoms with Crippen LogP contribution in [0.3, 0.4) is 0 Å². The van der Waals surface area contributed by atoms with Gasteiger partial charge in [0, 0.05) is 29.6 Å². The normalized spacial score (nSPS) is 10.5. The fraction of sp³-hybridized carbons (Fsp3) is 0.294. The minimum Gasteiger partial charge on any atom is -0.491 e. The molecule has 4 N–H and O–H groups in total. The van der Waals surface area contributed by atoms with Gasteiger partial charge in [0.15, 0.2) is 5.43 Å². The third-order valence-corrected chi connectivity index (χ3v) is 3.60. The van der Waals surface area contributed by atoms with E-state index in [0.717, 1.165) is 6.07 Å². The van der Waals surface area contributed by atoms with Crippen molar-refractivity contribution < 1.29 is 13.9 Å². The molecular formula is C17H20FN3O3. The molecule has 0 atom stereocenters. The molecule has 1 aromatic carbocycles. The molecule has 0 spiro atoms. The topological polar surface area (TPSA) is 97.2 Å². The molecule has 0 saturated heterocycles. The monoisotopic (exact) mass is 333 g/mol. The van der Waals surface area contributed by atoms with E-state index in [1.807, 2.05) is 0 Å². The average molecular weight is 333 g/mol. The summed E-state index contributed by atoms with van der Waals surface area (Å²) in [5.74, 6) is -0.781. The Bertz CT molecular complexity index is 802. The number of aromatic amines is 1. The molecule has 6 nitrogen and oxygen atoms in total. The number of amides is 1. The highest BCUT2D eigenvalue weighted by atomic mass is 19.1. The van der Waals surface area contributed by atoms with Crippen molar-refractivity contribution in [3.63, 3.8) is 0 Å². The van der Waals surface area contributed by atoms with Gasteiger partial charge >= 0.3 is 0 Å². The van der Waals surface area contributed by atoms with Gasteiger partial charge < -0.3 is 20.8 Å². The van der Waals surface area contributed by atoms with Crippen LogP contribution in [0.15, 0.2) is 29.2 Å². The van der Waals surface area contributed by atoms with Gasteiger partial charge in [-0.25, -0.2) is 4.39 Å². The van der Waals surface area contributed by atoms with Gasteiger partial charge in [-0.15, -0.1) is 0 Å². The van der Waals surface area contributed by atoms with E-state index in [1.54, 1.807) is 20.0 Å². The Morgan fingerprint density at radius 2 is 2.12 bits per heavy atom. The number of aryl methyl sites for hydroxylation is 1. The summed E-state index contributed by atoms with van der Waals surface area (Å²) in [5, 5.41) is 2.66. The minimum atomic E-state index is -0.542. The molecule has 1 aromatic heterocycles. The maximum atomic E-state index is 13.4. The molecule has 0 saturated carbocycles. The van der Waals surface area contributed by atoms with Crippen LogP contribution in [0.25, 0.3) is 0 Å². The van der Waals surface area contributed by atoms with E-state index in [4.69, 9.17) is 10.5 Å². The molecule has 1 amide bonds. The highest BCUT2D eigenvalue weighted by Crippen LogP contribution is 2.19. The third kappa shape index (κ3) is 3.99. The van der Waals surface area contributed by atoms with Crippen molar-refractivity contribution in [1.29, 1.82) is 0 Å². The highest BCUT2D eigenvalue weighted by molar-refractivity contribution is 5.96. The van der Waals surface area contributed by atoms with E-state index in [2.05, 4.69) is 10.3 Å². The zero-order valence-electron chi connectivity index (χ0n) is 13.6. The number of pyridine rings is 1. The fourth-order valence-corrected chi connectivity index (χ4v) is 2.22. The predicted molar refractivity (Wildman–Crippen MR) is 88.7 cm³/mol. The number of aromatic nitrogens is 1. The molecule has 1 heterocycles. The van der Waals surface area contributed by atoms with Crippen molar-refractivity contribution in [3.05, 3.63) is 62.8 Å². The van der Waals surface area contributed by atoms with Gasteiger partial charge in [-0.05, 0) is 32.0 Å². The number of halogens is 1. The lowest BCUT2D eigenvalue weighted by Crippen LogP contribution is -2.26. The number of rotatable bonds is 6. The van der Waals surface area contributed by atoms with Crippen LogP contribution in [-0.4, -0.2) is 24.0 Å². The Morgan fingerprint density at radius 1 is 1.38 bits per heavy atom. The summed E-state index contributed by atoms with van der Waals surface area (Å²) in [6, 6.07) is 3.70. The summed E-state index contributed by atoms with van der Waals surface area (Å²) in [7, 11) is 0. The molecule has 0 aliphatic heterocycles. The van der Waals surface area contributed by atoms with E-state index >= 15 is 0 Å². The van der Waals surface area contributed by atoms with E-state index in [0.29, 0.717) is 16.8 Å². The lowest BCUT2D eigenvalue weighted by Gasteiger charge is -2.12. The van der Waals surface area contributed by atoms with Gasteiger partial charge in [-0.2, -0.15) is 0 Å². The van der Waals surface area contributed by atoms with Crippen LogP contribution in [0.1, 0.15) is 27.2 Å². The summed E-state index contributed by atoms with van der Waals surface area (Å²) in [6.45, 7) is 4.01. The van der Waals surface area contributed by atoms with Crippen molar-refractivity contribution in [1.82, 2.24) is 10.3 Å². The Hall–Kier alpha value is -2.67. The van der Waals surface area contributed by atoms with E-state index < -0.39 is 11.7 Å². The molecule has 0 bridgehead atoms. The molecule has 0 aliphatic rings. The van der Waals surface area contributed by atoms with Gasteiger partial charge in [0.2, 0.25) is 0 Å². The first-order valence-corrected chi connectivity index (χ1v) is 7.52.